The second kappa shape index (κ2) is 6.63. The number of rotatable bonds is 8. The molecule has 0 amide bonds. The Morgan fingerprint density at radius 1 is 1.19 bits per heavy atom. The van der Waals surface area contributed by atoms with Crippen LogP contribution < -0.4 is 5.32 Å². The van der Waals surface area contributed by atoms with Crippen LogP contribution in [0.25, 0.3) is 0 Å². The summed E-state index contributed by atoms with van der Waals surface area (Å²) in [5.74, 6) is 0.253. The van der Waals surface area contributed by atoms with Gasteiger partial charge in [0.25, 0.3) is 0 Å². The van der Waals surface area contributed by atoms with Gasteiger partial charge in [0.05, 0.1) is 19.3 Å². The Hall–Kier alpha value is -0.650. The minimum Gasteiger partial charge on any atom is -0.465 e. The average molecular weight is 297 g/mol. The second-order valence-corrected chi connectivity index (χ2v) is 6.51. The molecule has 3 aliphatic rings. The number of carbonyl (C=O) groups excluding carboxylic acids is 1. The van der Waals surface area contributed by atoms with Crippen molar-refractivity contribution >= 4 is 5.97 Å². The van der Waals surface area contributed by atoms with Crippen LogP contribution in [0.1, 0.15) is 45.4 Å². The van der Waals surface area contributed by atoms with E-state index in [-0.39, 0.29) is 12.1 Å². The van der Waals surface area contributed by atoms with Crippen LogP contribution in [-0.4, -0.2) is 50.1 Å². The molecule has 3 fully saturated rings. The number of esters is 1. The van der Waals surface area contributed by atoms with Crippen LogP contribution in [0.3, 0.4) is 0 Å². The highest BCUT2D eigenvalue weighted by Crippen LogP contribution is 2.43. The van der Waals surface area contributed by atoms with Crippen molar-refractivity contribution < 1.29 is 19.0 Å². The number of nitrogens with one attached hydrogen (secondary N) is 1. The van der Waals surface area contributed by atoms with Crippen molar-refractivity contribution in [1.82, 2.24) is 5.32 Å². The minimum absolute atomic E-state index is 0.119. The Balaban J connectivity index is 1.65. The molecule has 1 aliphatic heterocycles. The molecule has 1 N–H and O–H groups in total. The van der Waals surface area contributed by atoms with E-state index in [1.807, 2.05) is 6.92 Å². The molecule has 3 rings (SSSR count). The second-order valence-electron chi connectivity index (χ2n) is 6.51. The smallest absolute Gasteiger partial charge is 0.329 e. The fraction of sp³-hybridized carbons (Fsp3) is 0.938. The molecule has 21 heavy (non-hydrogen) atoms. The quantitative estimate of drug-likeness (QED) is 0.690. The summed E-state index contributed by atoms with van der Waals surface area (Å²) in [4.78, 5) is 12.6. The number of hydrogen-bond acceptors (Lipinski definition) is 5. The van der Waals surface area contributed by atoms with E-state index >= 15 is 0 Å². The molecule has 0 spiro atoms. The van der Waals surface area contributed by atoms with Crippen LogP contribution in [0.2, 0.25) is 0 Å². The topological polar surface area (TPSA) is 56.8 Å². The summed E-state index contributed by atoms with van der Waals surface area (Å²) >= 11 is 0. The lowest BCUT2D eigenvalue weighted by Crippen LogP contribution is -2.59. The summed E-state index contributed by atoms with van der Waals surface area (Å²) in [6.07, 6.45) is 6.56. The molecule has 0 aromatic rings. The van der Waals surface area contributed by atoms with Gasteiger partial charge in [0.1, 0.15) is 5.54 Å². The molecule has 5 nitrogen and oxygen atoms in total. The van der Waals surface area contributed by atoms with E-state index in [1.54, 1.807) is 0 Å². The summed E-state index contributed by atoms with van der Waals surface area (Å²) in [5.41, 5.74) is -0.616. The lowest BCUT2D eigenvalue weighted by atomic mass is 9.93. The SMILES string of the molecule is CCOC(=O)C(COC1CCOCC1)(NC1CC1)C1CC1. The van der Waals surface area contributed by atoms with E-state index in [0.29, 0.717) is 25.2 Å². The van der Waals surface area contributed by atoms with E-state index in [9.17, 15) is 4.79 Å². The van der Waals surface area contributed by atoms with Crippen molar-refractivity contribution in [2.24, 2.45) is 5.92 Å². The van der Waals surface area contributed by atoms with Crippen molar-refractivity contribution in [3.63, 3.8) is 0 Å². The van der Waals surface area contributed by atoms with Gasteiger partial charge >= 0.3 is 5.97 Å². The first kappa shape index (κ1) is 15.3. The van der Waals surface area contributed by atoms with Crippen molar-refractivity contribution in [3.05, 3.63) is 0 Å². The minimum atomic E-state index is -0.616. The third-order valence-electron chi connectivity index (χ3n) is 4.67. The van der Waals surface area contributed by atoms with Crippen LogP contribution in [0.4, 0.5) is 0 Å². The van der Waals surface area contributed by atoms with E-state index < -0.39 is 5.54 Å². The molecular formula is C16H27NO4. The summed E-state index contributed by atoms with van der Waals surface area (Å²) < 4.78 is 16.8. The first-order valence-electron chi connectivity index (χ1n) is 8.39. The lowest BCUT2D eigenvalue weighted by molar-refractivity contribution is -0.158. The monoisotopic (exact) mass is 297 g/mol. The molecule has 2 aliphatic carbocycles. The largest absolute Gasteiger partial charge is 0.465 e. The Labute approximate surface area is 126 Å². The molecular weight excluding hydrogens is 270 g/mol. The summed E-state index contributed by atoms with van der Waals surface area (Å²) in [7, 11) is 0. The highest BCUT2D eigenvalue weighted by molar-refractivity contribution is 5.82. The van der Waals surface area contributed by atoms with Gasteiger partial charge in [-0.1, -0.05) is 0 Å². The zero-order valence-electron chi connectivity index (χ0n) is 12.9. The highest BCUT2D eigenvalue weighted by atomic mass is 16.5. The molecule has 0 radical (unpaired) electrons. The van der Waals surface area contributed by atoms with Gasteiger partial charge in [-0.15, -0.1) is 0 Å². The molecule has 1 heterocycles. The van der Waals surface area contributed by atoms with Crippen molar-refractivity contribution in [2.45, 2.75) is 63.1 Å². The van der Waals surface area contributed by atoms with Crippen LogP contribution in [0.15, 0.2) is 0 Å². The Morgan fingerprint density at radius 2 is 1.90 bits per heavy atom. The maximum atomic E-state index is 12.6. The molecule has 1 saturated heterocycles. The van der Waals surface area contributed by atoms with E-state index in [1.165, 1.54) is 0 Å². The molecule has 1 atom stereocenters. The van der Waals surface area contributed by atoms with Gasteiger partial charge in [-0.25, -0.2) is 4.79 Å². The normalized spacial score (nSPS) is 26.3. The van der Waals surface area contributed by atoms with E-state index in [2.05, 4.69) is 5.32 Å². The fourth-order valence-electron chi connectivity index (χ4n) is 3.08. The number of carbonyl (C=O) groups is 1. The summed E-state index contributed by atoms with van der Waals surface area (Å²) in [6, 6.07) is 0.466. The Morgan fingerprint density at radius 3 is 2.48 bits per heavy atom. The fourth-order valence-corrected chi connectivity index (χ4v) is 3.08. The zero-order valence-corrected chi connectivity index (χ0v) is 12.9. The van der Waals surface area contributed by atoms with Crippen molar-refractivity contribution in [3.8, 4) is 0 Å². The Kier molecular flexibility index (Phi) is 4.82. The predicted octanol–water partition coefficient (Wildman–Crippen LogP) is 1.65. The van der Waals surface area contributed by atoms with Gasteiger partial charge in [-0.3, -0.25) is 5.32 Å². The third-order valence-corrected chi connectivity index (χ3v) is 4.67. The molecule has 120 valence electrons. The zero-order chi connectivity index (χ0) is 14.7. The van der Waals surface area contributed by atoms with Crippen LogP contribution in [-0.2, 0) is 19.0 Å². The van der Waals surface area contributed by atoms with Crippen LogP contribution in [0.5, 0.6) is 0 Å². The number of ether oxygens (including phenoxy) is 3. The van der Waals surface area contributed by atoms with Gasteiger partial charge in [-0.05, 0) is 51.4 Å². The maximum absolute atomic E-state index is 12.6. The maximum Gasteiger partial charge on any atom is 0.329 e. The van der Waals surface area contributed by atoms with Gasteiger partial charge in [0.2, 0.25) is 0 Å². The first-order chi connectivity index (χ1) is 10.2. The highest BCUT2D eigenvalue weighted by Gasteiger charge is 2.54. The van der Waals surface area contributed by atoms with Gasteiger partial charge in [0.15, 0.2) is 0 Å². The first-order valence-corrected chi connectivity index (χ1v) is 8.39. The third kappa shape index (κ3) is 3.76. The molecule has 0 aromatic carbocycles. The van der Waals surface area contributed by atoms with Gasteiger partial charge in [-0.2, -0.15) is 0 Å². The van der Waals surface area contributed by atoms with Crippen LogP contribution in [0, 0.1) is 5.92 Å². The predicted molar refractivity (Wildman–Crippen MR) is 78.0 cm³/mol. The Bertz CT molecular complexity index is 361. The van der Waals surface area contributed by atoms with Crippen LogP contribution >= 0.6 is 0 Å². The molecule has 0 aromatic heterocycles. The van der Waals surface area contributed by atoms with E-state index in [0.717, 1.165) is 51.7 Å². The van der Waals surface area contributed by atoms with Crippen molar-refractivity contribution in [1.29, 1.82) is 0 Å². The van der Waals surface area contributed by atoms with Gasteiger partial charge < -0.3 is 14.2 Å². The number of hydrogen-bond donors (Lipinski definition) is 1. The van der Waals surface area contributed by atoms with Gasteiger partial charge in [0, 0.05) is 19.3 Å². The standard InChI is InChI=1S/C16H27NO4/c1-2-20-15(18)16(12-3-4-12,17-13-5-6-13)11-21-14-7-9-19-10-8-14/h12-14,17H,2-11H2,1H3. The lowest BCUT2D eigenvalue weighted by Gasteiger charge is -2.35. The molecule has 2 saturated carbocycles. The average Bonchev–Trinajstić information content (AvgIpc) is 3.38. The van der Waals surface area contributed by atoms with Crippen molar-refractivity contribution in [2.75, 3.05) is 26.4 Å². The van der Waals surface area contributed by atoms with E-state index in [4.69, 9.17) is 14.2 Å². The molecule has 5 heteroatoms. The summed E-state index contributed by atoms with van der Waals surface area (Å²) in [6.45, 7) is 4.26. The molecule has 1 unspecified atom stereocenters. The molecule has 0 bridgehead atoms. The summed E-state index contributed by atoms with van der Waals surface area (Å²) in [5, 5.41) is 3.56.